The van der Waals surface area contributed by atoms with Gasteiger partial charge in [0, 0.05) is 24.0 Å². The number of thiol groups is 2. The van der Waals surface area contributed by atoms with E-state index in [1.807, 2.05) is 72.8 Å². The van der Waals surface area contributed by atoms with Gasteiger partial charge >= 0.3 is 11.9 Å². The van der Waals surface area contributed by atoms with Gasteiger partial charge in [-0.3, -0.25) is 9.59 Å². The summed E-state index contributed by atoms with van der Waals surface area (Å²) >= 11 is 8.57. The van der Waals surface area contributed by atoms with Crippen LogP contribution in [0.4, 0.5) is 0 Å². The maximum absolute atomic E-state index is 13.0. The van der Waals surface area contributed by atoms with Crippen LogP contribution < -0.4 is 9.47 Å². The normalized spacial score (nSPS) is 12.5. The minimum absolute atomic E-state index is 0.285. The van der Waals surface area contributed by atoms with E-state index in [-0.39, 0.29) is 24.8 Å². The third kappa shape index (κ3) is 6.74. The van der Waals surface area contributed by atoms with Crippen LogP contribution in [0.25, 0.3) is 33.4 Å². The Balaban J connectivity index is 1.49. The molecule has 0 fully saturated rings. The number of carbonyl (C=O) groups is 2. The van der Waals surface area contributed by atoms with E-state index in [1.165, 1.54) is 0 Å². The Labute approximate surface area is 310 Å². The van der Waals surface area contributed by atoms with Crippen molar-refractivity contribution < 1.29 is 19.1 Å². The molecule has 0 unspecified atom stereocenters. The fourth-order valence-corrected chi connectivity index (χ4v) is 7.53. The fourth-order valence-electron chi connectivity index (χ4n) is 7.21. The molecular formula is C45H38O4S2. The Hall–Kier alpha value is -5.04. The Kier molecular flexibility index (Phi) is 10.4. The van der Waals surface area contributed by atoms with Gasteiger partial charge in [-0.1, -0.05) is 121 Å². The molecule has 0 N–H and O–H groups in total. The smallest absolute Gasteiger partial charge is 0.311 e. The number of ether oxygens (including phenoxy) is 2. The molecule has 1 aliphatic rings. The van der Waals surface area contributed by atoms with Gasteiger partial charge in [0.2, 0.25) is 0 Å². The Morgan fingerprint density at radius 2 is 0.863 bits per heavy atom. The second kappa shape index (κ2) is 15.5. The van der Waals surface area contributed by atoms with Crippen molar-refractivity contribution in [1.29, 1.82) is 0 Å². The Morgan fingerprint density at radius 3 is 1.27 bits per heavy atom. The zero-order valence-electron chi connectivity index (χ0n) is 28.1. The summed E-state index contributed by atoms with van der Waals surface area (Å²) in [4.78, 5) is 25.9. The van der Waals surface area contributed by atoms with E-state index >= 15 is 0 Å². The molecule has 51 heavy (non-hydrogen) atoms. The molecule has 0 bridgehead atoms. The first-order valence-electron chi connectivity index (χ1n) is 17.3. The molecule has 0 aliphatic heterocycles. The fraction of sp³-hybridized carbons (Fsp3) is 0.156. The van der Waals surface area contributed by atoms with Crippen LogP contribution in [0.2, 0.25) is 0 Å². The van der Waals surface area contributed by atoms with Crippen LogP contribution in [-0.4, -0.2) is 23.4 Å². The van der Waals surface area contributed by atoms with E-state index in [9.17, 15) is 9.59 Å². The number of rotatable bonds is 12. The quantitative estimate of drug-likeness (QED) is 0.0755. The van der Waals surface area contributed by atoms with Crippen molar-refractivity contribution in [3.05, 3.63) is 168 Å². The van der Waals surface area contributed by atoms with Gasteiger partial charge in [0.15, 0.2) is 0 Å². The summed E-state index contributed by atoms with van der Waals surface area (Å²) < 4.78 is 12.1. The van der Waals surface area contributed by atoms with Gasteiger partial charge < -0.3 is 9.47 Å². The van der Waals surface area contributed by atoms with E-state index in [0.29, 0.717) is 35.8 Å². The topological polar surface area (TPSA) is 52.6 Å². The molecular weight excluding hydrogens is 669 g/mol. The lowest BCUT2D eigenvalue weighted by Gasteiger charge is -2.35. The maximum Gasteiger partial charge on any atom is 0.311 e. The summed E-state index contributed by atoms with van der Waals surface area (Å²) in [5.74, 6) is 1.67. The van der Waals surface area contributed by atoms with Crippen molar-refractivity contribution in [2.75, 3.05) is 11.5 Å². The van der Waals surface area contributed by atoms with Crippen molar-refractivity contribution >= 4 is 37.2 Å². The first-order valence-corrected chi connectivity index (χ1v) is 18.5. The first-order chi connectivity index (χ1) is 25.0. The van der Waals surface area contributed by atoms with E-state index < -0.39 is 5.41 Å². The monoisotopic (exact) mass is 706 g/mol. The van der Waals surface area contributed by atoms with Gasteiger partial charge in [-0.05, 0) is 93.1 Å². The van der Waals surface area contributed by atoms with Crippen LogP contribution >= 0.6 is 25.3 Å². The zero-order chi connectivity index (χ0) is 35.2. The number of hydrogen-bond donors (Lipinski definition) is 2. The zero-order valence-corrected chi connectivity index (χ0v) is 29.9. The lowest BCUT2D eigenvalue weighted by molar-refractivity contribution is -0.135. The van der Waals surface area contributed by atoms with E-state index in [2.05, 4.69) is 98.1 Å². The average Bonchev–Trinajstić information content (AvgIpc) is 3.48. The van der Waals surface area contributed by atoms with E-state index in [0.717, 1.165) is 55.6 Å². The molecule has 0 amide bonds. The summed E-state index contributed by atoms with van der Waals surface area (Å²) in [5, 5.41) is 0. The number of hydrogen-bond acceptors (Lipinski definition) is 6. The lowest BCUT2D eigenvalue weighted by Crippen LogP contribution is -2.29. The summed E-state index contributed by atoms with van der Waals surface area (Å²) in [7, 11) is 0. The molecule has 0 atom stereocenters. The van der Waals surface area contributed by atoms with Crippen molar-refractivity contribution in [2.24, 2.45) is 0 Å². The van der Waals surface area contributed by atoms with Crippen molar-refractivity contribution in [1.82, 2.24) is 0 Å². The Bertz CT molecular complexity index is 2020. The summed E-state index contributed by atoms with van der Waals surface area (Å²) in [6.45, 7) is 0. The second-order valence-electron chi connectivity index (χ2n) is 12.6. The molecule has 0 spiro atoms. The molecule has 1 aliphatic carbocycles. The van der Waals surface area contributed by atoms with Gasteiger partial charge in [-0.15, -0.1) is 0 Å². The molecule has 0 saturated carbocycles. The highest BCUT2D eigenvalue weighted by Crippen LogP contribution is 2.57. The van der Waals surface area contributed by atoms with E-state index in [1.54, 1.807) is 0 Å². The minimum atomic E-state index is -0.761. The van der Waals surface area contributed by atoms with Gasteiger partial charge in [0.25, 0.3) is 0 Å². The molecule has 6 aromatic rings. The van der Waals surface area contributed by atoms with E-state index in [4.69, 9.17) is 9.47 Å². The largest absolute Gasteiger partial charge is 0.426 e. The van der Waals surface area contributed by atoms with Crippen LogP contribution in [0.5, 0.6) is 11.5 Å². The molecule has 0 heterocycles. The summed E-state index contributed by atoms with van der Waals surface area (Å²) in [6.07, 6.45) is 1.86. The van der Waals surface area contributed by atoms with Crippen molar-refractivity contribution in [2.45, 2.75) is 31.1 Å². The molecule has 7 rings (SSSR count). The molecule has 254 valence electrons. The third-order valence-corrected chi connectivity index (χ3v) is 10.1. The summed E-state index contributed by atoms with van der Waals surface area (Å²) in [5.41, 5.74) is 9.40. The van der Waals surface area contributed by atoms with Crippen LogP contribution in [-0.2, 0) is 15.0 Å². The maximum atomic E-state index is 13.0. The number of benzene rings is 6. The third-order valence-electron chi connectivity index (χ3n) is 9.47. The predicted octanol–water partition coefficient (Wildman–Crippen LogP) is 10.6. The van der Waals surface area contributed by atoms with Crippen molar-refractivity contribution in [3.8, 4) is 44.9 Å². The number of carbonyl (C=O) groups excluding carboxylic acids is 2. The lowest BCUT2D eigenvalue weighted by atomic mass is 9.67. The standard InChI is InChI=1S/C45H38O4S2/c46-43(21-11-27-50)48-41-25-23-33(29-37(41)31-13-3-1-4-14-31)45(39-19-9-7-17-35(39)36-18-8-10-20-40(36)45)34-24-26-42(49-44(47)22-12-28-51)38(30-34)32-15-5-2-6-16-32/h1-10,13-20,23-26,29-30,50-51H,11-12,21-22,27-28H2. The highest BCUT2D eigenvalue weighted by atomic mass is 32.1. The first kappa shape index (κ1) is 34.4. The molecule has 6 heteroatoms. The molecule has 4 nitrogen and oxygen atoms in total. The van der Waals surface area contributed by atoms with Crippen LogP contribution in [0.1, 0.15) is 47.9 Å². The SMILES string of the molecule is O=C(CCCS)Oc1ccc(C2(c3ccc(OC(=O)CCCS)c(-c4ccccc4)c3)c3ccccc3-c3ccccc32)cc1-c1ccccc1. The highest BCUT2D eigenvalue weighted by molar-refractivity contribution is 7.80. The predicted molar refractivity (Wildman–Crippen MR) is 212 cm³/mol. The van der Waals surface area contributed by atoms with Gasteiger partial charge in [0.1, 0.15) is 11.5 Å². The minimum Gasteiger partial charge on any atom is -0.426 e. The van der Waals surface area contributed by atoms with Gasteiger partial charge in [-0.25, -0.2) is 0 Å². The average molecular weight is 707 g/mol. The van der Waals surface area contributed by atoms with Crippen LogP contribution in [0.3, 0.4) is 0 Å². The van der Waals surface area contributed by atoms with Gasteiger partial charge in [0.05, 0.1) is 5.41 Å². The summed E-state index contributed by atoms with van der Waals surface area (Å²) in [6, 6.07) is 49.6. The van der Waals surface area contributed by atoms with Crippen LogP contribution in [0, 0.1) is 0 Å². The molecule has 0 radical (unpaired) electrons. The Morgan fingerprint density at radius 1 is 0.471 bits per heavy atom. The highest BCUT2D eigenvalue weighted by Gasteiger charge is 2.46. The number of fused-ring (bicyclic) bond motifs is 3. The second-order valence-corrected chi connectivity index (χ2v) is 13.5. The van der Waals surface area contributed by atoms with Crippen LogP contribution in [0.15, 0.2) is 146 Å². The van der Waals surface area contributed by atoms with Crippen molar-refractivity contribution in [3.63, 3.8) is 0 Å². The van der Waals surface area contributed by atoms with Gasteiger partial charge in [-0.2, -0.15) is 25.3 Å². The molecule has 0 saturated heterocycles. The molecule has 6 aromatic carbocycles. The molecule has 0 aromatic heterocycles. The number of esters is 2.